The summed E-state index contributed by atoms with van der Waals surface area (Å²) in [5, 5.41) is 0.809. The monoisotopic (exact) mass is 514 g/mol. The number of benzene rings is 2. The molecule has 4 atom stereocenters. The molecule has 1 aromatic heterocycles. The van der Waals surface area contributed by atoms with Crippen LogP contribution in [-0.4, -0.2) is 28.3 Å². The SMILES string of the molecule is O=C(CSc1nc2ccc(N3C(=O)[C@@H]4[C@H](C3=O)[C@H]3C=C[C@H]4C3)cc2s1)c1ccc(Cl)cc1Cl. The summed E-state index contributed by atoms with van der Waals surface area (Å²) in [6.07, 6.45) is 5.10. The molecule has 2 fully saturated rings. The van der Waals surface area contributed by atoms with Crippen molar-refractivity contribution in [1.82, 2.24) is 4.98 Å². The van der Waals surface area contributed by atoms with E-state index in [4.69, 9.17) is 23.2 Å². The number of hydrogen-bond donors (Lipinski definition) is 0. The lowest BCUT2D eigenvalue weighted by Crippen LogP contribution is -2.32. The minimum absolute atomic E-state index is 0.0919. The number of carbonyl (C=O) groups is 3. The van der Waals surface area contributed by atoms with Crippen LogP contribution >= 0.6 is 46.3 Å². The van der Waals surface area contributed by atoms with E-state index in [2.05, 4.69) is 17.1 Å². The quantitative estimate of drug-likeness (QED) is 0.184. The van der Waals surface area contributed by atoms with E-state index in [1.54, 1.807) is 24.3 Å². The van der Waals surface area contributed by atoms with E-state index in [1.165, 1.54) is 28.0 Å². The van der Waals surface area contributed by atoms with E-state index < -0.39 is 0 Å². The van der Waals surface area contributed by atoms with E-state index in [9.17, 15) is 14.4 Å². The average molecular weight is 515 g/mol. The maximum Gasteiger partial charge on any atom is 0.238 e. The number of thioether (sulfide) groups is 1. The van der Waals surface area contributed by atoms with E-state index in [0.717, 1.165) is 21.0 Å². The van der Waals surface area contributed by atoms with E-state index in [-0.39, 0.29) is 47.0 Å². The van der Waals surface area contributed by atoms with Crippen LogP contribution in [0.25, 0.3) is 10.2 Å². The Kier molecular flexibility index (Phi) is 5.14. The molecule has 2 aromatic carbocycles. The van der Waals surface area contributed by atoms with Gasteiger partial charge in [-0.3, -0.25) is 14.4 Å². The van der Waals surface area contributed by atoms with Crippen LogP contribution in [0.1, 0.15) is 16.8 Å². The highest BCUT2D eigenvalue weighted by molar-refractivity contribution is 8.01. The summed E-state index contributed by atoms with van der Waals surface area (Å²) < 4.78 is 1.60. The number of aromatic nitrogens is 1. The van der Waals surface area contributed by atoms with Gasteiger partial charge in [-0.15, -0.1) is 11.3 Å². The number of amides is 2. The van der Waals surface area contributed by atoms with Crippen molar-refractivity contribution < 1.29 is 14.4 Å². The first-order chi connectivity index (χ1) is 15.9. The fourth-order valence-corrected chi connectivity index (χ4v) is 7.67. The number of carbonyl (C=O) groups excluding carboxylic acids is 3. The molecule has 9 heteroatoms. The smallest absolute Gasteiger partial charge is 0.238 e. The third-order valence-electron chi connectivity index (χ3n) is 6.64. The second-order valence-corrected chi connectivity index (χ2v) is 11.6. The molecule has 1 aliphatic heterocycles. The molecule has 6 rings (SSSR count). The van der Waals surface area contributed by atoms with Crippen molar-refractivity contribution in [2.24, 2.45) is 23.7 Å². The van der Waals surface area contributed by atoms with Gasteiger partial charge in [0.1, 0.15) is 0 Å². The molecule has 3 aliphatic rings. The van der Waals surface area contributed by atoms with Crippen LogP contribution in [0.2, 0.25) is 10.0 Å². The normalized spacial score (nSPS) is 25.5. The highest BCUT2D eigenvalue weighted by Crippen LogP contribution is 2.53. The Bertz CT molecular complexity index is 1360. The predicted molar refractivity (Wildman–Crippen MR) is 131 cm³/mol. The molecule has 2 heterocycles. The Morgan fingerprint density at radius 1 is 1.06 bits per heavy atom. The number of fused-ring (bicyclic) bond motifs is 6. The van der Waals surface area contributed by atoms with Crippen LogP contribution in [-0.2, 0) is 9.59 Å². The fraction of sp³-hybridized carbons (Fsp3) is 0.250. The molecule has 0 N–H and O–H groups in total. The Morgan fingerprint density at radius 3 is 2.48 bits per heavy atom. The van der Waals surface area contributed by atoms with Crippen LogP contribution in [0.3, 0.4) is 0 Å². The van der Waals surface area contributed by atoms with Gasteiger partial charge in [0.15, 0.2) is 10.1 Å². The summed E-state index contributed by atoms with van der Waals surface area (Å²) in [5.41, 5.74) is 1.79. The topological polar surface area (TPSA) is 67.3 Å². The summed E-state index contributed by atoms with van der Waals surface area (Å²) in [7, 11) is 0. The molecule has 5 nitrogen and oxygen atoms in total. The zero-order valence-corrected chi connectivity index (χ0v) is 20.2. The molecule has 0 radical (unpaired) electrons. The van der Waals surface area contributed by atoms with Gasteiger partial charge in [-0.05, 0) is 54.7 Å². The number of allylic oxidation sites excluding steroid dienone is 2. The molecule has 166 valence electrons. The van der Waals surface area contributed by atoms with Gasteiger partial charge in [-0.2, -0.15) is 0 Å². The van der Waals surface area contributed by atoms with Crippen LogP contribution in [0, 0.1) is 23.7 Å². The van der Waals surface area contributed by atoms with Gasteiger partial charge in [-0.1, -0.05) is 47.1 Å². The molecule has 2 bridgehead atoms. The van der Waals surface area contributed by atoms with Crippen molar-refractivity contribution >= 4 is 79.8 Å². The molecule has 1 saturated heterocycles. The zero-order valence-electron chi connectivity index (χ0n) is 17.0. The summed E-state index contributed by atoms with van der Waals surface area (Å²) in [6, 6.07) is 10.3. The maximum atomic E-state index is 13.1. The standard InChI is InChI=1S/C24H16Cl2N2O3S2/c25-13-3-5-15(16(26)8-13)18(29)10-32-24-27-17-6-4-14(9-19(17)33-24)28-22(30)20-11-1-2-12(7-11)21(20)23(28)31/h1-6,8-9,11-12,20-21H,7,10H2/t11-,12-,20-,21+/m0/s1. The maximum absolute atomic E-state index is 13.1. The summed E-state index contributed by atoms with van der Waals surface area (Å²) in [5.74, 6) is -0.174. The Balaban J connectivity index is 1.21. The number of anilines is 1. The lowest BCUT2D eigenvalue weighted by atomic mass is 9.85. The number of hydrogen-bond acceptors (Lipinski definition) is 6. The summed E-state index contributed by atoms with van der Waals surface area (Å²) >= 11 is 14.8. The molecule has 2 amide bonds. The predicted octanol–water partition coefficient (Wildman–Crippen LogP) is 5.89. The van der Waals surface area contributed by atoms with Crippen molar-refractivity contribution in [3.8, 4) is 0 Å². The fourth-order valence-electron chi connectivity index (χ4n) is 5.17. The highest BCUT2D eigenvalue weighted by Gasteiger charge is 2.59. The largest absolute Gasteiger partial charge is 0.293 e. The van der Waals surface area contributed by atoms with E-state index in [1.807, 2.05) is 12.1 Å². The average Bonchev–Trinajstić information content (AvgIpc) is 3.54. The lowest BCUT2D eigenvalue weighted by molar-refractivity contribution is -0.123. The minimum Gasteiger partial charge on any atom is -0.293 e. The Hall–Kier alpha value is -2.19. The molecular formula is C24H16Cl2N2O3S2. The number of ketones is 1. The van der Waals surface area contributed by atoms with Crippen LogP contribution < -0.4 is 4.90 Å². The number of nitrogens with zero attached hydrogens (tertiary/aromatic N) is 2. The second-order valence-electron chi connectivity index (χ2n) is 8.48. The van der Waals surface area contributed by atoms with Gasteiger partial charge in [0.05, 0.1) is 38.5 Å². The Morgan fingerprint density at radius 2 is 1.79 bits per heavy atom. The zero-order chi connectivity index (χ0) is 22.9. The number of Topliss-reactive ketones (excluding diaryl/α,β-unsaturated/α-hetero) is 1. The van der Waals surface area contributed by atoms with Crippen LogP contribution in [0.4, 0.5) is 5.69 Å². The van der Waals surface area contributed by atoms with Crippen molar-refractivity contribution in [3.63, 3.8) is 0 Å². The van der Waals surface area contributed by atoms with E-state index >= 15 is 0 Å². The first-order valence-corrected chi connectivity index (χ1v) is 13.0. The van der Waals surface area contributed by atoms with Crippen molar-refractivity contribution in [2.75, 3.05) is 10.7 Å². The molecule has 2 aliphatic carbocycles. The van der Waals surface area contributed by atoms with Crippen molar-refractivity contribution in [1.29, 1.82) is 0 Å². The van der Waals surface area contributed by atoms with Crippen LogP contribution in [0.15, 0.2) is 52.9 Å². The second kappa shape index (κ2) is 7.94. The number of thiazole rings is 1. The minimum atomic E-state index is -0.221. The molecular weight excluding hydrogens is 499 g/mol. The number of halogens is 2. The third kappa shape index (κ3) is 3.44. The van der Waals surface area contributed by atoms with Gasteiger partial charge in [0, 0.05) is 10.6 Å². The number of imide groups is 1. The molecule has 33 heavy (non-hydrogen) atoms. The van der Waals surface area contributed by atoms with Gasteiger partial charge in [-0.25, -0.2) is 9.88 Å². The Labute approximate surface area is 207 Å². The molecule has 3 aromatic rings. The van der Waals surface area contributed by atoms with Gasteiger partial charge in [0.2, 0.25) is 11.8 Å². The van der Waals surface area contributed by atoms with Gasteiger partial charge in [0.25, 0.3) is 0 Å². The van der Waals surface area contributed by atoms with E-state index in [0.29, 0.717) is 21.3 Å². The first-order valence-electron chi connectivity index (χ1n) is 10.5. The van der Waals surface area contributed by atoms with Crippen molar-refractivity contribution in [2.45, 2.75) is 10.8 Å². The summed E-state index contributed by atoms with van der Waals surface area (Å²) in [4.78, 5) is 44.7. The van der Waals surface area contributed by atoms with Gasteiger partial charge >= 0.3 is 0 Å². The van der Waals surface area contributed by atoms with Crippen LogP contribution in [0.5, 0.6) is 0 Å². The van der Waals surface area contributed by atoms with Gasteiger partial charge < -0.3 is 0 Å². The van der Waals surface area contributed by atoms with Crippen molar-refractivity contribution in [3.05, 3.63) is 64.2 Å². The third-order valence-corrected chi connectivity index (χ3v) is 9.35. The number of rotatable bonds is 5. The first kappa shape index (κ1) is 21.4. The molecule has 0 spiro atoms. The highest BCUT2D eigenvalue weighted by atomic mass is 35.5. The summed E-state index contributed by atoms with van der Waals surface area (Å²) in [6.45, 7) is 0. The molecule has 0 unspecified atom stereocenters. The lowest BCUT2D eigenvalue weighted by Gasteiger charge is -2.17. The molecule has 1 saturated carbocycles.